The number of halogens is 4. The standard InChI is InChI=1S/C6H5F4N/c7-5-2-1-4(3-11-5)6(8,9)10/h3H,1-2H2. The molecule has 1 nitrogen and oxygen atoms in total. The summed E-state index contributed by atoms with van der Waals surface area (Å²) in [6.45, 7) is 0. The van der Waals surface area contributed by atoms with Crippen LogP contribution in [0.4, 0.5) is 17.6 Å². The summed E-state index contributed by atoms with van der Waals surface area (Å²) in [5.41, 5.74) is -0.765. The van der Waals surface area contributed by atoms with Gasteiger partial charge in [0.2, 0.25) is 0 Å². The molecular formula is C6H5F4N. The smallest absolute Gasteiger partial charge is 0.232 e. The van der Waals surface area contributed by atoms with Gasteiger partial charge in [0.05, 0.1) is 5.57 Å². The van der Waals surface area contributed by atoms with Gasteiger partial charge in [0.1, 0.15) is 0 Å². The van der Waals surface area contributed by atoms with Crippen LogP contribution in [-0.2, 0) is 0 Å². The topological polar surface area (TPSA) is 12.4 Å². The summed E-state index contributed by atoms with van der Waals surface area (Å²) in [4.78, 5) is 2.95. The lowest BCUT2D eigenvalue weighted by molar-refractivity contribution is -0.0942. The monoisotopic (exact) mass is 167 g/mol. The Kier molecular flexibility index (Phi) is 1.97. The number of hydrogen-bond donors (Lipinski definition) is 0. The normalized spacial score (nSPS) is 19.3. The summed E-state index contributed by atoms with van der Waals surface area (Å²) < 4.78 is 47.5. The third kappa shape index (κ3) is 2.03. The number of hydrogen-bond acceptors (Lipinski definition) is 1. The van der Waals surface area contributed by atoms with Crippen LogP contribution in [0.2, 0.25) is 0 Å². The number of alkyl halides is 3. The lowest BCUT2D eigenvalue weighted by Crippen LogP contribution is -2.14. The van der Waals surface area contributed by atoms with Crippen molar-refractivity contribution < 1.29 is 17.6 Å². The largest absolute Gasteiger partial charge is 0.414 e. The Morgan fingerprint density at radius 1 is 1.27 bits per heavy atom. The third-order valence-electron chi connectivity index (χ3n) is 1.33. The van der Waals surface area contributed by atoms with E-state index >= 15 is 0 Å². The predicted molar refractivity (Wildman–Crippen MR) is 31.9 cm³/mol. The molecule has 1 aliphatic rings. The van der Waals surface area contributed by atoms with Crippen LogP contribution in [-0.4, -0.2) is 12.1 Å². The van der Waals surface area contributed by atoms with E-state index in [9.17, 15) is 17.6 Å². The van der Waals surface area contributed by atoms with Gasteiger partial charge < -0.3 is 0 Å². The maximum Gasteiger partial charge on any atom is 0.414 e. The fourth-order valence-electron chi connectivity index (χ4n) is 0.730. The molecule has 1 rings (SSSR count). The highest BCUT2D eigenvalue weighted by Gasteiger charge is 2.34. The second kappa shape index (κ2) is 2.64. The number of aliphatic imine (C=N–C) groups is 1. The summed E-state index contributed by atoms with van der Waals surface area (Å²) >= 11 is 0. The van der Waals surface area contributed by atoms with Gasteiger partial charge in [-0.1, -0.05) is 0 Å². The second-order valence-electron chi connectivity index (χ2n) is 2.16. The van der Waals surface area contributed by atoms with Gasteiger partial charge in [0.25, 0.3) is 0 Å². The van der Waals surface area contributed by atoms with Crippen molar-refractivity contribution in [3.05, 3.63) is 11.8 Å². The zero-order valence-corrected chi connectivity index (χ0v) is 5.45. The first-order valence-electron chi connectivity index (χ1n) is 2.98. The third-order valence-corrected chi connectivity index (χ3v) is 1.33. The van der Waals surface area contributed by atoms with Gasteiger partial charge in [-0.05, 0) is 6.42 Å². The second-order valence-corrected chi connectivity index (χ2v) is 2.16. The Labute approximate surface area is 60.4 Å². The van der Waals surface area contributed by atoms with E-state index in [0.29, 0.717) is 6.20 Å². The summed E-state index contributed by atoms with van der Waals surface area (Å²) in [5, 5.41) is 0. The van der Waals surface area contributed by atoms with Crippen LogP contribution in [0.15, 0.2) is 16.8 Å². The summed E-state index contributed by atoms with van der Waals surface area (Å²) in [6.07, 6.45) is -4.37. The molecule has 0 aromatic heterocycles. The van der Waals surface area contributed by atoms with Crippen LogP contribution in [0.3, 0.4) is 0 Å². The van der Waals surface area contributed by atoms with Gasteiger partial charge >= 0.3 is 6.18 Å². The van der Waals surface area contributed by atoms with Crippen molar-refractivity contribution in [3.63, 3.8) is 0 Å². The van der Waals surface area contributed by atoms with Crippen LogP contribution < -0.4 is 0 Å². The maximum absolute atomic E-state index is 12.1. The molecule has 0 bridgehead atoms. The molecule has 0 aromatic rings. The molecule has 0 unspecified atom stereocenters. The molecule has 0 aromatic carbocycles. The quantitative estimate of drug-likeness (QED) is 0.491. The highest BCUT2D eigenvalue weighted by molar-refractivity contribution is 5.76. The molecule has 0 amide bonds. The van der Waals surface area contributed by atoms with E-state index in [1.807, 2.05) is 0 Å². The van der Waals surface area contributed by atoms with Gasteiger partial charge in [0, 0.05) is 12.6 Å². The molecule has 0 N–H and O–H groups in total. The van der Waals surface area contributed by atoms with Crippen LogP contribution in [0.25, 0.3) is 0 Å². The van der Waals surface area contributed by atoms with E-state index in [-0.39, 0.29) is 12.8 Å². The Bertz CT molecular complexity index is 213. The lowest BCUT2D eigenvalue weighted by Gasteiger charge is -2.12. The molecule has 0 spiro atoms. The van der Waals surface area contributed by atoms with Gasteiger partial charge in [-0.2, -0.15) is 17.6 Å². The SMILES string of the molecule is FC1=NC=C(C(F)(F)F)CC1. The fourth-order valence-corrected chi connectivity index (χ4v) is 0.730. The molecule has 0 fully saturated rings. The minimum absolute atomic E-state index is 0.245. The summed E-state index contributed by atoms with van der Waals surface area (Å²) in [5.74, 6) is -0.738. The van der Waals surface area contributed by atoms with Crippen molar-refractivity contribution >= 4 is 5.97 Å². The molecule has 0 saturated carbocycles. The number of rotatable bonds is 0. The zero-order valence-electron chi connectivity index (χ0n) is 5.45. The van der Waals surface area contributed by atoms with Crippen LogP contribution >= 0.6 is 0 Å². The van der Waals surface area contributed by atoms with Gasteiger partial charge in [-0.25, -0.2) is 4.99 Å². The van der Waals surface area contributed by atoms with Crippen LogP contribution in [0, 0.1) is 0 Å². The fraction of sp³-hybridized carbons (Fsp3) is 0.500. The van der Waals surface area contributed by atoms with Crippen molar-refractivity contribution in [3.8, 4) is 0 Å². The highest BCUT2D eigenvalue weighted by atomic mass is 19.4. The zero-order chi connectivity index (χ0) is 8.48. The first kappa shape index (κ1) is 8.23. The number of nitrogens with zero attached hydrogens (tertiary/aromatic N) is 1. The minimum atomic E-state index is -4.36. The predicted octanol–water partition coefficient (Wildman–Crippen LogP) is 2.59. The van der Waals surface area contributed by atoms with Crippen molar-refractivity contribution in [2.45, 2.75) is 19.0 Å². The molecule has 5 heteroatoms. The molecule has 1 aliphatic heterocycles. The molecule has 11 heavy (non-hydrogen) atoms. The molecule has 0 aliphatic carbocycles. The maximum atomic E-state index is 12.1. The minimum Gasteiger partial charge on any atom is -0.232 e. The molecule has 0 saturated heterocycles. The van der Waals surface area contributed by atoms with E-state index in [2.05, 4.69) is 4.99 Å². The molecule has 62 valence electrons. The van der Waals surface area contributed by atoms with Crippen molar-refractivity contribution in [2.75, 3.05) is 0 Å². The van der Waals surface area contributed by atoms with E-state index in [1.54, 1.807) is 0 Å². The first-order chi connectivity index (χ1) is 5.00. The van der Waals surface area contributed by atoms with Gasteiger partial charge in [-0.3, -0.25) is 0 Å². The van der Waals surface area contributed by atoms with Crippen molar-refractivity contribution in [1.29, 1.82) is 0 Å². The van der Waals surface area contributed by atoms with Crippen molar-refractivity contribution in [1.82, 2.24) is 0 Å². The molecule has 0 radical (unpaired) electrons. The average molecular weight is 167 g/mol. The van der Waals surface area contributed by atoms with E-state index < -0.39 is 17.7 Å². The van der Waals surface area contributed by atoms with E-state index in [4.69, 9.17) is 0 Å². The highest BCUT2D eigenvalue weighted by Crippen LogP contribution is 2.30. The summed E-state index contributed by atoms with van der Waals surface area (Å²) in [7, 11) is 0. The number of allylic oxidation sites excluding steroid dienone is 1. The van der Waals surface area contributed by atoms with E-state index in [0.717, 1.165) is 0 Å². The molecule has 0 atom stereocenters. The van der Waals surface area contributed by atoms with Gasteiger partial charge in [-0.15, -0.1) is 0 Å². The average Bonchev–Trinajstić information content (AvgIpc) is 1.86. The van der Waals surface area contributed by atoms with Gasteiger partial charge in [0.15, 0.2) is 5.97 Å². The Morgan fingerprint density at radius 3 is 2.27 bits per heavy atom. The summed E-state index contributed by atoms with van der Waals surface area (Å²) in [6, 6.07) is 0. The van der Waals surface area contributed by atoms with Crippen LogP contribution in [0.5, 0.6) is 0 Å². The molecule has 1 heterocycles. The molecular weight excluding hydrogens is 162 g/mol. The van der Waals surface area contributed by atoms with Crippen LogP contribution in [0.1, 0.15) is 12.8 Å². The Balaban J connectivity index is 2.77. The first-order valence-corrected chi connectivity index (χ1v) is 2.98. The van der Waals surface area contributed by atoms with E-state index in [1.165, 1.54) is 0 Å². The van der Waals surface area contributed by atoms with Crippen molar-refractivity contribution in [2.24, 2.45) is 4.99 Å². The Morgan fingerprint density at radius 2 is 1.91 bits per heavy atom. The lowest BCUT2D eigenvalue weighted by atomic mass is 10.1. The Hall–Kier alpha value is -0.870.